The highest BCUT2D eigenvalue weighted by Gasteiger charge is 2.64. The number of hydrogen-bond acceptors (Lipinski definition) is 3. The van der Waals surface area contributed by atoms with Gasteiger partial charge in [0.1, 0.15) is 0 Å². The van der Waals surface area contributed by atoms with Crippen molar-refractivity contribution in [2.45, 2.75) is 33.7 Å². The molecule has 1 aromatic carbocycles. The van der Waals surface area contributed by atoms with E-state index in [9.17, 15) is 4.79 Å². The molecule has 0 radical (unpaired) electrons. The molecule has 98 valence electrons. The second-order valence-corrected chi connectivity index (χ2v) is 6.19. The molecule has 1 aliphatic rings. The van der Waals surface area contributed by atoms with Crippen LogP contribution in [0.4, 0.5) is 11.4 Å². The molecule has 0 aromatic heterocycles. The molecule has 1 aliphatic carbocycles. The number of primary amides is 1. The zero-order valence-electron chi connectivity index (χ0n) is 11.4. The van der Waals surface area contributed by atoms with Crippen molar-refractivity contribution in [3.05, 3.63) is 23.8 Å². The van der Waals surface area contributed by atoms with Crippen molar-refractivity contribution in [3.63, 3.8) is 0 Å². The highest BCUT2D eigenvalue weighted by molar-refractivity contribution is 5.99. The fourth-order valence-corrected chi connectivity index (χ4v) is 2.58. The zero-order valence-corrected chi connectivity index (χ0v) is 11.4. The lowest BCUT2D eigenvalue weighted by Gasteiger charge is -2.10. The molecular weight excluding hydrogens is 226 g/mol. The largest absolute Gasteiger partial charge is 0.398 e. The van der Waals surface area contributed by atoms with Gasteiger partial charge in [0, 0.05) is 17.4 Å². The van der Waals surface area contributed by atoms with Gasteiger partial charge in [-0.3, -0.25) is 4.79 Å². The summed E-state index contributed by atoms with van der Waals surface area (Å²) >= 11 is 0. The van der Waals surface area contributed by atoms with E-state index in [1.54, 1.807) is 12.1 Å². The maximum atomic E-state index is 11.2. The summed E-state index contributed by atoms with van der Waals surface area (Å²) in [4.78, 5) is 11.2. The maximum Gasteiger partial charge on any atom is 0.250 e. The van der Waals surface area contributed by atoms with Crippen LogP contribution >= 0.6 is 0 Å². The molecule has 0 bridgehead atoms. The molecule has 1 aromatic rings. The molecule has 18 heavy (non-hydrogen) atoms. The van der Waals surface area contributed by atoms with Gasteiger partial charge in [-0.25, -0.2) is 0 Å². The van der Waals surface area contributed by atoms with Crippen LogP contribution in [0.2, 0.25) is 0 Å². The molecule has 0 atom stereocenters. The second kappa shape index (κ2) is 3.64. The van der Waals surface area contributed by atoms with E-state index in [0.29, 0.717) is 17.3 Å². The van der Waals surface area contributed by atoms with Crippen molar-refractivity contribution in [1.29, 1.82) is 0 Å². The standard InChI is InChI=1S/C14H21N3O/c1-13(2)12(14(13,3)4)17-8-5-6-10(15)9(7-8)11(16)18/h5-7,12,17H,15H2,1-4H3,(H2,16,18). The molecule has 2 rings (SSSR count). The normalized spacial score (nSPS) is 20.4. The summed E-state index contributed by atoms with van der Waals surface area (Å²) in [6, 6.07) is 5.70. The fourth-order valence-electron chi connectivity index (χ4n) is 2.58. The Morgan fingerprint density at radius 2 is 1.78 bits per heavy atom. The predicted octanol–water partition coefficient (Wildman–Crippen LogP) is 2.21. The lowest BCUT2D eigenvalue weighted by atomic mass is 10.0. The summed E-state index contributed by atoms with van der Waals surface area (Å²) in [5.41, 5.74) is 13.2. The first-order chi connectivity index (χ1) is 8.18. The second-order valence-electron chi connectivity index (χ2n) is 6.19. The SMILES string of the molecule is CC1(C)C(Nc2ccc(N)c(C(N)=O)c2)C1(C)C. The van der Waals surface area contributed by atoms with Gasteiger partial charge < -0.3 is 16.8 Å². The van der Waals surface area contributed by atoms with Crippen molar-refractivity contribution >= 4 is 17.3 Å². The number of nitrogen functional groups attached to an aromatic ring is 1. The number of carbonyl (C=O) groups excluding carboxylic acids is 1. The van der Waals surface area contributed by atoms with E-state index in [1.807, 2.05) is 6.07 Å². The molecule has 0 spiro atoms. The van der Waals surface area contributed by atoms with Crippen molar-refractivity contribution in [2.75, 3.05) is 11.1 Å². The minimum absolute atomic E-state index is 0.237. The first-order valence-corrected chi connectivity index (χ1v) is 6.14. The summed E-state index contributed by atoms with van der Waals surface area (Å²) < 4.78 is 0. The van der Waals surface area contributed by atoms with Gasteiger partial charge in [0.25, 0.3) is 5.91 Å². The van der Waals surface area contributed by atoms with Crippen molar-refractivity contribution in [2.24, 2.45) is 16.6 Å². The molecule has 5 N–H and O–H groups in total. The Balaban J connectivity index is 2.22. The number of nitrogens with two attached hydrogens (primary N) is 2. The smallest absolute Gasteiger partial charge is 0.250 e. The molecule has 0 saturated heterocycles. The number of benzene rings is 1. The molecule has 4 heteroatoms. The molecule has 1 fully saturated rings. The lowest BCUT2D eigenvalue weighted by Crippen LogP contribution is -2.15. The van der Waals surface area contributed by atoms with Crippen LogP contribution < -0.4 is 16.8 Å². The summed E-state index contributed by atoms with van der Waals surface area (Å²) in [6.07, 6.45) is 0. The number of nitrogens with one attached hydrogen (secondary N) is 1. The molecule has 0 heterocycles. The molecule has 0 unspecified atom stereocenters. The summed E-state index contributed by atoms with van der Waals surface area (Å²) in [5, 5.41) is 3.46. The number of amides is 1. The number of anilines is 2. The van der Waals surface area contributed by atoms with Gasteiger partial charge in [-0.1, -0.05) is 27.7 Å². The molecule has 1 amide bonds. The van der Waals surface area contributed by atoms with Gasteiger partial charge in [-0.05, 0) is 29.0 Å². The highest BCUT2D eigenvalue weighted by atomic mass is 16.1. The monoisotopic (exact) mass is 247 g/mol. The van der Waals surface area contributed by atoms with E-state index in [1.165, 1.54) is 0 Å². The van der Waals surface area contributed by atoms with Crippen LogP contribution in [0.5, 0.6) is 0 Å². The average Bonchev–Trinajstić information content (AvgIpc) is 2.63. The Hall–Kier alpha value is -1.71. The maximum absolute atomic E-state index is 11.2. The molecule has 1 saturated carbocycles. The summed E-state index contributed by atoms with van der Waals surface area (Å²) in [7, 11) is 0. The van der Waals surface area contributed by atoms with Crippen molar-refractivity contribution < 1.29 is 4.79 Å². The van der Waals surface area contributed by atoms with E-state index in [0.717, 1.165) is 5.69 Å². The van der Waals surface area contributed by atoms with Crippen LogP contribution in [0.25, 0.3) is 0 Å². The minimum Gasteiger partial charge on any atom is -0.398 e. The topological polar surface area (TPSA) is 81.1 Å². The number of rotatable bonds is 3. The number of hydrogen-bond donors (Lipinski definition) is 3. The van der Waals surface area contributed by atoms with Crippen LogP contribution in [-0.4, -0.2) is 11.9 Å². The Labute approximate surface area is 108 Å². The van der Waals surface area contributed by atoms with Gasteiger partial charge in [0.15, 0.2) is 0 Å². The van der Waals surface area contributed by atoms with E-state index >= 15 is 0 Å². The third kappa shape index (κ3) is 1.72. The van der Waals surface area contributed by atoms with Crippen LogP contribution in [0.15, 0.2) is 18.2 Å². The molecule has 0 aliphatic heterocycles. The summed E-state index contributed by atoms with van der Waals surface area (Å²) in [5.74, 6) is -0.495. The predicted molar refractivity (Wildman–Crippen MR) is 74.3 cm³/mol. The number of carbonyl (C=O) groups is 1. The summed E-state index contributed by atoms with van der Waals surface area (Å²) in [6.45, 7) is 8.93. The van der Waals surface area contributed by atoms with Crippen LogP contribution in [0.1, 0.15) is 38.1 Å². The first-order valence-electron chi connectivity index (χ1n) is 6.14. The average molecular weight is 247 g/mol. The van der Waals surface area contributed by atoms with Gasteiger partial charge in [-0.15, -0.1) is 0 Å². The Kier molecular flexibility index (Phi) is 2.58. The van der Waals surface area contributed by atoms with Crippen molar-refractivity contribution in [3.8, 4) is 0 Å². The van der Waals surface area contributed by atoms with E-state index in [-0.39, 0.29) is 10.8 Å². The Morgan fingerprint density at radius 3 is 2.22 bits per heavy atom. The minimum atomic E-state index is -0.495. The molecular formula is C14H21N3O. The highest BCUT2D eigenvalue weighted by Crippen LogP contribution is 2.63. The van der Waals surface area contributed by atoms with Crippen LogP contribution in [-0.2, 0) is 0 Å². The van der Waals surface area contributed by atoms with E-state index < -0.39 is 5.91 Å². The van der Waals surface area contributed by atoms with E-state index in [2.05, 4.69) is 33.0 Å². The third-order valence-corrected chi connectivity index (χ3v) is 4.65. The van der Waals surface area contributed by atoms with Crippen LogP contribution in [0, 0.1) is 10.8 Å². The van der Waals surface area contributed by atoms with Gasteiger partial charge in [0.05, 0.1) is 5.56 Å². The Morgan fingerprint density at radius 1 is 1.22 bits per heavy atom. The van der Waals surface area contributed by atoms with Crippen LogP contribution in [0.3, 0.4) is 0 Å². The van der Waals surface area contributed by atoms with Crippen molar-refractivity contribution in [1.82, 2.24) is 0 Å². The zero-order chi connectivity index (χ0) is 13.7. The van der Waals surface area contributed by atoms with E-state index in [4.69, 9.17) is 11.5 Å². The fraction of sp³-hybridized carbons (Fsp3) is 0.500. The third-order valence-electron chi connectivity index (χ3n) is 4.65. The van der Waals surface area contributed by atoms with Gasteiger partial charge in [0.2, 0.25) is 0 Å². The lowest BCUT2D eigenvalue weighted by molar-refractivity contribution is 0.100. The molecule has 4 nitrogen and oxygen atoms in total. The Bertz CT molecular complexity index is 492. The first kappa shape index (κ1) is 12.7. The quantitative estimate of drug-likeness (QED) is 0.716. The van der Waals surface area contributed by atoms with Gasteiger partial charge in [-0.2, -0.15) is 0 Å². The van der Waals surface area contributed by atoms with Gasteiger partial charge >= 0.3 is 0 Å².